The predicted molar refractivity (Wildman–Crippen MR) is 83.3 cm³/mol. The molecule has 1 aromatic carbocycles. The molecule has 2 aliphatic rings. The highest BCUT2D eigenvalue weighted by Crippen LogP contribution is 2.44. The summed E-state index contributed by atoms with van der Waals surface area (Å²) in [5.74, 6) is 1.26. The van der Waals surface area contributed by atoms with Gasteiger partial charge in [-0.25, -0.2) is 13.1 Å². The Morgan fingerprint density at radius 1 is 1.29 bits per heavy atom. The molecule has 5 heteroatoms. The number of aryl methyl sites for hydroxylation is 1. The Kier molecular flexibility index (Phi) is 4.08. The van der Waals surface area contributed by atoms with E-state index in [1.807, 2.05) is 19.1 Å². The first kappa shape index (κ1) is 15.0. The van der Waals surface area contributed by atoms with Gasteiger partial charge in [-0.1, -0.05) is 25.5 Å². The van der Waals surface area contributed by atoms with Crippen molar-refractivity contribution in [2.75, 3.05) is 0 Å². The minimum atomic E-state index is -3.45. The van der Waals surface area contributed by atoms with Gasteiger partial charge in [0.25, 0.3) is 0 Å². The van der Waals surface area contributed by atoms with Crippen molar-refractivity contribution in [1.82, 2.24) is 4.72 Å². The maximum absolute atomic E-state index is 12.8. The largest absolute Gasteiger partial charge is 0.326 e. The molecule has 21 heavy (non-hydrogen) atoms. The van der Waals surface area contributed by atoms with Crippen LogP contribution in [-0.4, -0.2) is 14.5 Å². The lowest BCUT2D eigenvalue weighted by molar-refractivity contribution is 0.390. The molecular weight excluding hydrogens is 284 g/mol. The quantitative estimate of drug-likeness (QED) is 0.875. The van der Waals surface area contributed by atoms with E-state index in [2.05, 4.69) is 4.72 Å². The van der Waals surface area contributed by atoms with E-state index in [4.69, 9.17) is 5.73 Å². The molecule has 3 unspecified atom stereocenters. The van der Waals surface area contributed by atoms with E-state index in [9.17, 15) is 8.42 Å². The molecule has 3 N–H and O–H groups in total. The standard InChI is InChI=1S/C16H24N2O2S/c1-2-13-5-4-12(10-17)9-16(13)21(19,20)18-15-8-11-3-6-14(15)7-11/h4-5,9,11,14-15,18H,2-3,6-8,10,17H2,1H3. The van der Waals surface area contributed by atoms with Crippen molar-refractivity contribution in [3.05, 3.63) is 29.3 Å². The highest BCUT2D eigenvalue weighted by Gasteiger charge is 2.41. The smallest absolute Gasteiger partial charge is 0.241 e. The van der Waals surface area contributed by atoms with Crippen molar-refractivity contribution in [2.45, 2.75) is 56.5 Å². The summed E-state index contributed by atoms with van der Waals surface area (Å²) < 4.78 is 28.5. The number of fused-ring (bicyclic) bond motifs is 2. The average Bonchev–Trinajstić information content (AvgIpc) is 3.08. The molecule has 0 spiro atoms. The van der Waals surface area contributed by atoms with Crippen LogP contribution in [0.2, 0.25) is 0 Å². The van der Waals surface area contributed by atoms with Gasteiger partial charge < -0.3 is 5.73 Å². The van der Waals surface area contributed by atoms with Crippen LogP contribution >= 0.6 is 0 Å². The summed E-state index contributed by atoms with van der Waals surface area (Å²) in [5.41, 5.74) is 7.38. The van der Waals surface area contributed by atoms with Gasteiger partial charge in [-0.2, -0.15) is 0 Å². The number of hydrogen-bond donors (Lipinski definition) is 2. The molecule has 0 radical (unpaired) electrons. The van der Waals surface area contributed by atoms with Gasteiger partial charge in [0.1, 0.15) is 0 Å². The summed E-state index contributed by atoms with van der Waals surface area (Å²) in [7, 11) is -3.45. The Balaban J connectivity index is 1.87. The molecule has 0 amide bonds. The summed E-state index contributed by atoms with van der Waals surface area (Å²) in [6, 6.07) is 5.65. The van der Waals surface area contributed by atoms with E-state index in [-0.39, 0.29) is 6.04 Å². The van der Waals surface area contributed by atoms with Gasteiger partial charge in [0, 0.05) is 12.6 Å². The molecule has 2 fully saturated rings. The first-order valence-electron chi connectivity index (χ1n) is 7.87. The average molecular weight is 308 g/mol. The lowest BCUT2D eigenvalue weighted by atomic mass is 9.96. The third-order valence-electron chi connectivity index (χ3n) is 5.08. The van der Waals surface area contributed by atoms with Gasteiger partial charge in [0.15, 0.2) is 0 Å². The molecule has 0 aliphatic heterocycles. The monoisotopic (exact) mass is 308 g/mol. The summed E-state index contributed by atoms with van der Waals surface area (Å²) in [6.45, 7) is 2.34. The lowest BCUT2D eigenvalue weighted by Crippen LogP contribution is -2.38. The minimum Gasteiger partial charge on any atom is -0.326 e. The van der Waals surface area contributed by atoms with Crippen LogP contribution in [0.5, 0.6) is 0 Å². The second-order valence-corrected chi connectivity index (χ2v) is 8.08. The normalized spacial score (nSPS) is 28.2. The van der Waals surface area contributed by atoms with Crippen molar-refractivity contribution >= 4 is 10.0 Å². The molecule has 2 bridgehead atoms. The molecule has 0 saturated heterocycles. The number of sulfonamides is 1. The Labute approximate surface area is 127 Å². The SMILES string of the molecule is CCc1ccc(CN)cc1S(=O)(=O)NC1CC2CCC1C2. The fourth-order valence-corrected chi connectivity index (χ4v) is 5.60. The number of nitrogens with two attached hydrogens (primary N) is 1. The van der Waals surface area contributed by atoms with Gasteiger partial charge in [-0.05, 0) is 54.7 Å². The van der Waals surface area contributed by atoms with Gasteiger partial charge in [0.2, 0.25) is 10.0 Å². The number of rotatable bonds is 5. The summed E-state index contributed by atoms with van der Waals surface area (Å²) in [5, 5.41) is 0. The molecule has 2 aliphatic carbocycles. The maximum Gasteiger partial charge on any atom is 0.241 e. The fraction of sp³-hybridized carbons (Fsp3) is 0.625. The Morgan fingerprint density at radius 2 is 2.10 bits per heavy atom. The highest BCUT2D eigenvalue weighted by atomic mass is 32.2. The summed E-state index contributed by atoms with van der Waals surface area (Å²) in [6.07, 6.45) is 5.34. The highest BCUT2D eigenvalue weighted by molar-refractivity contribution is 7.89. The number of nitrogens with one attached hydrogen (secondary N) is 1. The predicted octanol–water partition coefficient (Wildman–Crippen LogP) is 2.17. The zero-order valence-electron chi connectivity index (χ0n) is 12.5. The molecular formula is C16H24N2O2S. The van der Waals surface area contributed by atoms with Crippen LogP contribution in [0.15, 0.2) is 23.1 Å². The van der Waals surface area contributed by atoms with E-state index in [1.54, 1.807) is 6.07 Å². The molecule has 116 valence electrons. The van der Waals surface area contributed by atoms with Crippen LogP contribution in [-0.2, 0) is 23.0 Å². The second-order valence-electron chi connectivity index (χ2n) is 6.40. The van der Waals surface area contributed by atoms with E-state index in [0.717, 1.165) is 23.5 Å². The van der Waals surface area contributed by atoms with Gasteiger partial charge in [0.05, 0.1) is 4.90 Å². The van der Waals surface area contributed by atoms with E-state index in [0.29, 0.717) is 23.8 Å². The summed E-state index contributed by atoms with van der Waals surface area (Å²) in [4.78, 5) is 0.413. The first-order chi connectivity index (χ1) is 10.0. The molecule has 3 atom stereocenters. The third-order valence-corrected chi connectivity index (χ3v) is 6.65. The van der Waals surface area contributed by atoms with Crippen LogP contribution in [0, 0.1) is 11.8 Å². The Bertz CT molecular complexity index is 627. The van der Waals surface area contributed by atoms with Crippen molar-refractivity contribution in [1.29, 1.82) is 0 Å². The zero-order valence-corrected chi connectivity index (χ0v) is 13.3. The minimum absolute atomic E-state index is 0.125. The van der Waals surface area contributed by atoms with Crippen LogP contribution in [0.3, 0.4) is 0 Å². The second kappa shape index (κ2) is 5.71. The number of benzene rings is 1. The van der Waals surface area contributed by atoms with Crippen molar-refractivity contribution in [2.24, 2.45) is 17.6 Å². The third kappa shape index (κ3) is 2.87. The molecule has 0 heterocycles. The van der Waals surface area contributed by atoms with Gasteiger partial charge in [-0.3, -0.25) is 0 Å². The van der Waals surface area contributed by atoms with E-state index < -0.39 is 10.0 Å². The molecule has 4 nitrogen and oxygen atoms in total. The van der Waals surface area contributed by atoms with Crippen molar-refractivity contribution < 1.29 is 8.42 Å². The van der Waals surface area contributed by atoms with Crippen LogP contribution in [0.1, 0.15) is 43.7 Å². The lowest BCUT2D eigenvalue weighted by Gasteiger charge is -2.23. The number of hydrogen-bond acceptors (Lipinski definition) is 3. The Morgan fingerprint density at radius 3 is 2.67 bits per heavy atom. The van der Waals surface area contributed by atoms with Crippen molar-refractivity contribution in [3.63, 3.8) is 0 Å². The molecule has 0 aromatic heterocycles. The van der Waals surface area contributed by atoms with Gasteiger partial charge >= 0.3 is 0 Å². The fourth-order valence-electron chi connectivity index (χ4n) is 3.92. The molecule has 2 saturated carbocycles. The van der Waals surface area contributed by atoms with E-state index in [1.165, 1.54) is 19.3 Å². The van der Waals surface area contributed by atoms with Gasteiger partial charge in [-0.15, -0.1) is 0 Å². The molecule has 3 rings (SSSR count). The van der Waals surface area contributed by atoms with E-state index >= 15 is 0 Å². The van der Waals surface area contributed by atoms with Crippen LogP contribution in [0.25, 0.3) is 0 Å². The maximum atomic E-state index is 12.8. The topological polar surface area (TPSA) is 72.2 Å². The zero-order chi connectivity index (χ0) is 15.0. The first-order valence-corrected chi connectivity index (χ1v) is 9.36. The van der Waals surface area contributed by atoms with Crippen molar-refractivity contribution in [3.8, 4) is 0 Å². The molecule has 1 aromatic rings. The van der Waals surface area contributed by atoms with Crippen LogP contribution in [0.4, 0.5) is 0 Å². The van der Waals surface area contributed by atoms with Crippen LogP contribution < -0.4 is 10.5 Å². The Hall–Kier alpha value is -0.910. The summed E-state index contributed by atoms with van der Waals surface area (Å²) >= 11 is 0.